The second-order valence-corrected chi connectivity index (χ2v) is 2.82. The van der Waals surface area contributed by atoms with E-state index in [4.69, 9.17) is 5.11 Å². The molecule has 0 aliphatic carbocycles. The number of hydrogen-bond acceptors (Lipinski definition) is 4. The molecule has 1 aromatic heterocycles. The molecule has 1 heterocycles. The minimum Gasteiger partial charge on any atom is -0.390 e. The molecule has 0 spiro atoms. The molecular weight excluding hydrogens is 166 g/mol. The van der Waals surface area contributed by atoms with E-state index >= 15 is 0 Å². The fourth-order valence-corrected chi connectivity index (χ4v) is 1.54. The summed E-state index contributed by atoms with van der Waals surface area (Å²) in [6, 6.07) is 0. The largest absolute Gasteiger partial charge is 0.390 e. The van der Waals surface area contributed by atoms with Crippen LogP contribution in [0.3, 0.4) is 0 Å². The average molecular weight is 173 g/mol. The Balaban J connectivity index is 2.90. The molecule has 0 aliphatic heterocycles. The van der Waals surface area contributed by atoms with Crippen molar-refractivity contribution in [2.24, 2.45) is 0 Å². The van der Waals surface area contributed by atoms with Crippen molar-refractivity contribution < 1.29 is 5.11 Å². The lowest BCUT2D eigenvalue weighted by Gasteiger charge is -1.88. The van der Waals surface area contributed by atoms with Gasteiger partial charge in [0.05, 0.1) is 22.7 Å². The van der Waals surface area contributed by atoms with Crippen molar-refractivity contribution in [3.63, 3.8) is 0 Å². The first kappa shape index (κ1) is 7.78. The van der Waals surface area contributed by atoms with Gasteiger partial charge in [0, 0.05) is 0 Å². The van der Waals surface area contributed by atoms with E-state index in [1.165, 1.54) is 11.3 Å². The van der Waals surface area contributed by atoms with Crippen LogP contribution < -0.4 is 0 Å². The van der Waals surface area contributed by atoms with Crippen molar-refractivity contribution in [3.8, 4) is 0 Å². The fraction of sp³-hybridized carbons (Fsp3) is 0.167. The van der Waals surface area contributed by atoms with E-state index in [1.54, 1.807) is 10.9 Å². The quantitative estimate of drug-likeness (QED) is 0.665. The molecule has 0 saturated carbocycles. The predicted molar refractivity (Wildman–Crippen MR) is 46.1 cm³/mol. The van der Waals surface area contributed by atoms with Crippen molar-refractivity contribution in [2.75, 3.05) is 0 Å². The van der Waals surface area contributed by atoms with Crippen LogP contribution in [0.4, 0.5) is 0 Å². The van der Waals surface area contributed by atoms with Crippen LogP contribution >= 0.6 is 24.0 Å². The summed E-state index contributed by atoms with van der Waals surface area (Å²) in [5.41, 5.74) is 2.42. The zero-order valence-electron chi connectivity index (χ0n) is 5.19. The second-order valence-electron chi connectivity index (χ2n) is 1.64. The van der Waals surface area contributed by atoms with Crippen molar-refractivity contribution in [3.05, 3.63) is 21.5 Å². The van der Waals surface area contributed by atoms with Crippen LogP contribution in [0.2, 0.25) is 0 Å². The van der Waals surface area contributed by atoms with Crippen LogP contribution in [-0.2, 0) is 6.61 Å². The highest BCUT2D eigenvalue weighted by Gasteiger charge is 1.98. The smallest absolute Gasteiger partial charge is 0.0867 e. The first-order valence-electron chi connectivity index (χ1n) is 2.72. The maximum absolute atomic E-state index is 8.72. The maximum Gasteiger partial charge on any atom is 0.0867 e. The van der Waals surface area contributed by atoms with Gasteiger partial charge in [-0.15, -0.1) is 11.3 Å². The molecule has 0 atom stereocenters. The highest BCUT2D eigenvalue weighted by molar-refractivity contribution is 7.83. The molecule has 54 valence electrons. The Bertz CT molecular complexity index is 231. The Morgan fingerprint density at radius 1 is 1.80 bits per heavy atom. The number of aliphatic hydroxyl groups excluding tert-OH is 1. The van der Waals surface area contributed by atoms with Gasteiger partial charge in [-0.2, -0.15) is 12.6 Å². The Kier molecular flexibility index (Phi) is 2.92. The molecular formula is C6H7NOS2. The lowest BCUT2D eigenvalue weighted by Crippen LogP contribution is -1.83. The summed E-state index contributed by atoms with van der Waals surface area (Å²) < 4.78 is 0. The Labute approximate surface area is 68.6 Å². The second kappa shape index (κ2) is 3.75. The van der Waals surface area contributed by atoms with E-state index in [-0.39, 0.29) is 6.61 Å². The van der Waals surface area contributed by atoms with Gasteiger partial charge in [-0.25, -0.2) is 4.98 Å². The molecule has 0 fully saturated rings. The number of nitrogens with zero attached hydrogens (tertiary/aromatic N) is 1. The van der Waals surface area contributed by atoms with Crippen molar-refractivity contribution >= 4 is 30.0 Å². The summed E-state index contributed by atoms with van der Waals surface area (Å²) >= 11 is 5.40. The van der Waals surface area contributed by atoms with Gasteiger partial charge in [-0.3, -0.25) is 0 Å². The third-order valence-electron chi connectivity index (χ3n) is 1.05. The first-order chi connectivity index (χ1) is 4.88. The highest BCUT2D eigenvalue weighted by atomic mass is 32.1. The fourth-order valence-electron chi connectivity index (χ4n) is 0.600. The van der Waals surface area contributed by atoms with Crippen LogP contribution in [0, 0.1) is 0 Å². The highest BCUT2D eigenvalue weighted by Crippen LogP contribution is 2.14. The molecule has 1 N–H and O–H groups in total. The zero-order valence-corrected chi connectivity index (χ0v) is 6.90. The monoisotopic (exact) mass is 173 g/mol. The topological polar surface area (TPSA) is 33.1 Å². The number of thiol groups is 1. The van der Waals surface area contributed by atoms with Crippen molar-refractivity contribution in [1.29, 1.82) is 0 Å². The van der Waals surface area contributed by atoms with Crippen LogP contribution in [0.15, 0.2) is 10.9 Å². The van der Waals surface area contributed by atoms with Gasteiger partial charge < -0.3 is 5.11 Å². The third-order valence-corrected chi connectivity index (χ3v) is 2.03. The lowest BCUT2D eigenvalue weighted by molar-refractivity contribution is 0.277. The van der Waals surface area contributed by atoms with Gasteiger partial charge in [0.2, 0.25) is 0 Å². The van der Waals surface area contributed by atoms with Crippen LogP contribution in [-0.4, -0.2) is 10.1 Å². The average Bonchev–Trinajstić information content (AvgIpc) is 2.36. The summed E-state index contributed by atoms with van der Waals surface area (Å²) in [6.45, 7) is -0.00302. The van der Waals surface area contributed by atoms with E-state index in [2.05, 4.69) is 17.6 Å². The van der Waals surface area contributed by atoms with E-state index < -0.39 is 0 Å². The SMILES string of the molecule is OCc1ncsc1C=CS. The number of aliphatic hydroxyl groups is 1. The van der Waals surface area contributed by atoms with E-state index in [0.717, 1.165) is 10.6 Å². The molecule has 0 aliphatic rings. The predicted octanol–water partition coefficient (Wildman–Crippen LogP) is 1.54. The molecule has 0 saturated heterocycles. The summed E-state index contributed by atoms with van der Waals surface area (Å²) in [5.74, 6) is 0. The number of aromatic nitrogens is 1. The summed E-state index contributed by atoms with van der Waals surface area (Å²) in [5, 5.41) is 10.4. The minimum absolute atomic E-state index is 0.00302. The van der Waals surface area contributed by atoms with Crippen molar-refractivity contribution in [2.45, 2.75) is 6.61 Å². The van der Waals surface area contributed by atoms with Gasteiger partial charge in [-0.05, 0) is 11.5 Å². The standard InChI is InChI=1S/C6H7NOS2/c8-3-5-6(1-2-9)10-4-7-5/h1-2,4,8-9H,3H2. The van der Waals surface area contributed by atoms with Crippen LogP contribution in [0.1, 0.15) is 10.6 Å². The van der Waals surface area contributed by atoms with Gasteiger partial charge in [-0.1, -0.05) is 0 Å². The molecule has 0 unspecified atom stereocenters. The third kappa shape index (κ3) is 1.59. The molecule has 2 nitrogen and oxygen atoms in total. The summed E-state index contributed by atoms with van der Waals surface area (Å²) in [7, 11) is 0. The molecule has 1 rings (SSSR count). The van der Waals surface area contributed by atoms with Crippen LogP contribution in [0.5, 0.6) is 0 Å². The Morgan fingerprint density at radius 2 is 2.60 bits per heavy atom. The van der Waals surface area contributed by atoms with Gasteiger partial charge in [0.25, 0.3) is 0 Å². The zero-order chi connectivity index (χ0) is 7.40. The summed E-state index contributed by atoms with van der Waals surface area (Å²) in [4.78, 5) is 4.91. The van der Waals surface area contributed by atoms with Crippen molar-refractivity contribution in [1.82, 2.24) is 4.98 Å². The number of thiazole rings is 1. The maximum atomic E-state index is 8.72. The lowest BCUT2D eigenvalue weighted by atomic mass is 10.4. The normalized spacial score (nSPS) is 11.0. The van der Waals surface area contributed by atoms with E-state index in [1.807, 2.05) is 6.08 Å². The molecule has 0 bridgehead atoms. The molecule has 10 heavy (non-hydrogen) atoms. The van der Waals surface area contributed by atoms with Gasteiger partial charge >= 0.3 is 0 Å². The Hall–Kier alpha value is -0.320. The number of rotatable bonds is 2. The molecule has 0 aromatic carbocycles. The van der Waals surface area contributed by atoms with E-state index in [0.29, 0.717) is 0 Å². The van der Waals surface area contributed by atoms with Gasteiger partial charge in [0.15, 0.2) is 0 Å². The summed E-state index contributed by atoms with van der Waals surface area (Å²) in [6.07, 6.45) is 1.81. The van der Waals surface area contributed by atoms with E-state index in [9.17, 15) is 0 Å². The Morgan fingerprint density at radius 3 is 3.20 bits per heavy atom. The number of hydrogen-bond donors (Lipinski definition) is 2. The minimum atomic E-state index is -0.00302. The van der Waals surface area contributed by atoms with Gasteiger partial charge in [0.1, 0.15) is 0 Å². The first-order valence-corrected chi connectivity index (χ1v) is 4.12. The van der Waals surface area contributed by atoms with Crippen LogP contribution in [0.25, 0.3) is 6.08 Å². The molecule has 0 radical (unpaired) electrons. The molecule has 1 aromatic rings. The molecule has 4 heteroatoms. The molecule has 0 amide bonds.